The second kappa shape index (κ2) is 3.96. The van der Waals surface area contributed by atoms with Crippen molar-refractivity contribution in [1.82, 2.24) is 0 Å². The smallest absolute Gasteiger partial charge is 0.107 e. The average Bonchev–Trinajstić information content (AvgIpc) is 2.53. The average molecular weight is 218 g/mol. The summed E-state index contributed by atoms with van der Waals surface area (Å²) >= 11 is 7.41. The fraction of sp³-hybridized carbons (Fsp3) is 0.556. The van der Waals surface area contributed by atoms with Gasteiger partial charge in [-0.1, -0.05) is 11.6 Å². The van der Waals surface area contributed by atoms with E-state index >= 15 is 0 Å². The zero-order valence-corrected chi connectivity index (χ0v) is 8.77. The summed E-state index contributed by atoms with van der Waals surface area (Å²) in [5, 5.41) is 0. The minimum atomic E-state index is 0.0613. The molecule has 0 bridgehead atoms. The lowest BCUT2D eigenvalue weighted by atomic mass is 10.0. The molecule has 0 saturated carbocycles. The lowest BCUT2D eigenvalue weighted by Gasteiger charge is -2.27. The summed E-state index contributed by atoms with van der Waals surface area (Å²) in [5.74, 6) is 0. The van der Waals surface area contributed by atoms with E-state index in [2.05, 4.69) is 0 Å². The monoisotopic (exact) mass is 217 g/mol. The van der Waals surface area contributed by atoms with E-state index in [1.807, 2.05) is 12.1 Å². The van der Waals surface area contributed by atoms with Gasteiger partial charge in [-0.05, 0) is 25.0 Å². The Bertz CT molecular complexity index is 289. The molecule has 2 atom stereocenters. The zero-order valence-electron chi connectivity index (χ0n) is 7.20. The van der Waals surface area contributed by atoms with Crippen LogP contribution in [0.15, 0.2) is 12.1 Å². The standard InChI is InChI=1S/C9H12ClNOS/c10-8-4-3-7(13-8)9-6(11)2-1-5-12-9/h3-4,6,9H,1-2,5,11H2. The molecule has 72 valence electrons. The first kappa shape index (κ1) is 9.46. The van der Waals surface area contributed by atoms with Gasteiger partial charge in [0.25, 0.3) is 0 Å². The highest BCUT2D eigenvalue weighted by Crippen LogP contribution is 2.33. The van der Waals surface area contributed by atoms with E-state index in [4.69, 9.17) is 22.1 Å². The third kappa shape index (κ3) is 2.05. The SMILES string of the molecule is NC1CCCOC1c1ccc(Cl)s1. The number of hydrogen-bond acceptors (Lipinski definition) is 3. The Morgan fingerprint density at radius 2 is 2.38 bits per heavy atom. The normalized spacial score (nSPS) is 29.1. The van der Waals surface area contributed by atoms with Crippen molar-refractivity contribution in [3.63, 3.8) is 0 Å². The van der Waals surface area contributed by atoms with Crippen LogP contribution >= 0.6 is 22.9 Å². The molecule has 2 heterocycles. The zero-order chi connectivity index (χ0) is 9.26. The van der Waals surface area contributed by atoms with Crippen LogP contribution in [0.2, 0.25) is 4.34 Å². The lowest BCUT2D eigenvalue weighted by Crippen LogP contribution is -2.33. The number of rotatable bonds is 1. The highest BCUT2D eigenvalue weighted by molar-refractivity contribution is 7.16. The van der Waals surface area contributed by atoms with E-state index < -0.39 is 0 Å². The van der Waals surface area contributed by atoms with Gasteiger partial charge in [0, 0.05) is 17.5 Å². The Balaban J connectivity index is 2.14. The van der Waals surface area contributed by atoms with Crippen molar-refractivity contribution in [1.29, 1.82) is 0 Å². The fourth-order valence-electron chi connectivity index (χ4n) is 1.58. The van der Waals surface area contributed by atoms with Gasteiger partial charge in [0.05, 0.1) is 4.34 Å². The summed E-state index contributed by atoms with van der Waals surface area (Å²) in [7, 11) is 0. The molecule has 0 aromatic carbocycles. The molecule has 2 nitrogen and oxygen atoms in total. The summed E-state index contributed by atoms with van der Waals surface area (Å²) in [4.78, 5) is 1.15. The van der Waals surface area contributed by atoms with Crippen LogP contribution in [0.4, 0.5) is 0 Å². The van der Waals surface area contributed by atoms with Crippen molar-refractivity contribution in [3.8, 4) is 0 Å². The molecule has 2 N–H and O–H groups in total. The molecule has 1 aromatic rings. The van der Waals surface area contributed by atoms with Gasteiger partial charge in [0.2, 0.25) is 0 Å². The predicted octanol–water partition coefficient (Wildman–Crippen LogP) is 2.58. The molecule has 2 rings (SSSR count). The summed E-state index contributed by atoms with van der Waals surface area (Å²) in [5.41, 5.74) is 5.96. The molecule has 0 radical (unpaired) electrons. The molecule has 2 unspecified atom stereocenters. The van der Waals surface area contributed by atoms with Gasteiger partial charge in [-0.3, -0.25) is 0 Å². The van der Waals surface area contributed by atoms with Crippen molar-refractivity contribution in [3.05, 3.63) is 21.3 Å². The topological polar surface area (TPSA) is 35.2 Å². The minimum Gasteiger partial charge on any atom is -0.371 e. The van der Waals surface area contributed by atoms with Crippen LogP contribution in [-0.2, 0) is 4.74 Å². The highest BCUT2D eigenvalue weighted by Gasteiger charge is 2.25. The van der Waals surface area contributed by atoms with E-state index in [9.17, 15) is 0 Å². The summed E-state index contributed by atoms with van der Waals surface area (Å²) in [6, 6.07) is 4.03. The molecule has 1 saturated heterocycles. The van der Waals surface area contributed by atoms with Crippen molar-refractivity contribution in [2.75, 3.05) is 6.61 Å². The predicted molar refractivity (Wildman–Crippen MR) is 55.2 cm³/mol. The maximum absolute atomic E-state index is 5.96. The summed E-state index contributed by atoms with van der Waals surface area (Å²) in [6.07, 6.45) is 2.17. The van der Waals surface area contributed by atoms with Crippen LogP contribution in [0.25, 0.3) is 0 Å². The Labute approximate surface area is 86.6 Å². The van der Waals surface area contributed by atoms with Gasteiger partial charge < -0.3 is 10.5 Å². The van der Waals surface area contributed by atoms with E-state index in [-0.39, 0.29) is 12.1 Å². The Hall–Kier alpha value is -0.0900. The molecule has 0 aliphatic carbocycles. The first-order valence-corrected chi connectivity index (χ1v) is 5.59. The van der Waals surface area contributed by atoms with Crippen molar-refractivity contribution < 1.29 is 4.74 Å². The van der Waals surface area contributed by atoms with E-state index in [0.717, 1.165) is 28.7 Å². The van der Waals surface area contributed by atoms with E-state index in [1.165, 1.54) is 0 Å². The quantitative estimate of drug-likeness (QED) is 0.785. The minimum absolute atomic E-state index is 0.0613. The first-order valence-electron chi connectivity index (χ1n) is 4.40. The van der Waals surface area contributed by atoms with Crippen molar-refractivity contribution >= 4 is 22.9 Å². The molecule has 1 aliphatic rings. The van der Waals surface area contributed by atoms with E-state index in [1.54, 1.807) is 11.3 Å². The number of thiophene rings is 1. The molecule has 1 aromatic heterocycles. The number of ether oxygens (including phenoxy) is 1. The maximum Gasteiger partial charge on any atom is 0.107 e. The molecular formula is C9H12ClNOS. The van der Waals surface area contributed by atoms with Crippen LogP contribution in [0.3, 0.4) is 0 Å². The van der Waals surface area contributed by atoms with Gasteiger partial charge in [-0.2, -0.15) is 0 Å². The van der Waals surface area contributed by atoms with Gasteiger partial charge in [0.15, 0.2) is 0 Å². The molecule has 1 fully saturated rings. The number of nitrogens with two attached hydrogens (primary N) is 1. The molecule has 4 heteroatoms. The molecule has 13 heavy (non-hydrogen) atoms. The van der Waals surface area contributed by atoms with Crippen molar-refractivity contribution in [2.45, 2.75) is 25.0 Å². The maximum atomic E-state index is 5.96. The van der Waals surface area contributed by atoms with E-state index in [0.29, 0.717) is 0 Å². The third-order valence-electron chi connectivity index (χ3n) is 2.24. The fourth-order valence-corrected chi connectivity index (χ4v) is 2.77. The van der Waals surface area contributed by atoms with Crippen LogP contribution < -0.4 is 5.73 Å². The third-order valence-corrected chi connectivity index (χ3v) is 3.54. The highest BCUT2D eigenvalue weighted by atomic mass is 35.5. The van der Waals surface area contributed by atoms with Gasteiger partial charge in [-0.15, -0.1) is 11.3 Å². The van der Waals surface area contributed by atoms with Crippen LogP contribution in [-0.4, -0.2) is 12.6 Å². The number of halogens is 1. The molecule has 1 aliphatic heterocycles. The van der Waals surface area contributed by atoms with Crippen LogP contribution in [0, 0.1) is 0 Å². The largest absolute Gasteiger partial charge is 0.371 e. The number of hydrogen-bond donors (Lipinski definition) is 1. The van der Waals surface area contributed by atoms with Crippen LogP contribution in [0.1, 0.15) is 23.8 Å². The molecular weight excluding hydrogens is 206 g/mol. The Morgan fingerprint density at radius 1 is 1.54 bits per heavy atom. The summed E-state index contributed by atoms with van der Waals surface area (Å²) < 4.78 is 6.42. The molecule has 0 spiro atoms. The van der Waals surface area contributed by atoms with Crippen LogP contribution in [0.5, 0.6) is 0 Å². The Kier molecular flexibility index (Phi) is 2.89. The van der Waals surface area contributed by atoms with Crippen molar-refractivity contribution in [2.24, 2.45) is 5.73 Å². The first-order chi connectivity index (χ1) is 6.27. The summed E-state index contributed by atoms with van der Waals surface area (Å²) in [6.45, 7) is 0.813. The second-order valence-corrected chi connectivity index (χ2v) is 4.99. The van der Waals surface area contributed by atoms with Gasteiger partial charge in [-0.25, -0.2) is 0 Å². The second-order valence-electron chi connectivity index (χ2n) is 3.24. The molecule has 0 amide bonds. The van der Waals surface area contributed by atoms with Gasteiger partial charge >= 0.3 is 0 Å². The van der Waals surface area contributed by atoms with Gasteiger partial charge in [0.1, 0.15) is 6.10 Å². The Morgan fingerprint density at radius 3 is 3.00 bits per heavy atom. The lowest BCUT2D eigenvalue weighted by molar-refractivity contribution is 0.00235.